The highest BCUT2D eigenvalue weighted by atomic mass is 32.1. The fourth-order valence-electron chi connectivity index (χ4n) is 2.31. The van der Waals surface area contributed by atoms with E-state index in [-0.39, 0.29) is 16.5 Å². The summed E-state index contributed by atoms with van der Waals surface area (Å²) in [7, 11) is 0. The molecule has 2 aromatic rings. The van der Waals surface area contributed by atoms with Gasteiger partial charge in [0.2, 0.25) is 0 Å². The zero-order chi connectivity index (χ0) is 17.3. The molecular formula is C18H13FN2O2S. The molecule has 1 saturated heterocycles. The first kappa shape index (κ1) is 16.0. The minimum absolute atomic E-state index is 0.0325. The fraction of sp³-hybridized carbons (Fsp3) is 0.0556. The Morgan fingerprint density at radius 3 is 2.29 bits per heavy atom. The van der Waals surface area contributed by atoms with Crippen LogP contribution in [-0.2, 0) is 9.59 Å². The smallest absolute Gasteiger partial charge is 0.270 e. The molecule has 1 N–H and O–H groups in total. The highest BCUT2D eigenvalue weighted by Crippen LogP contribution is 2.22. The average Bonchev–Trinajstić information content (AvgIpc) is 2.55. The summed E-state index contributed by atoms with van der Waals surface area (Å²) in [4.78, 5) is 26.1. The molecule has 0 bridgehead atoms. The van der Waals surface area contributed by atoms with Gasteiger partial charge in [-0.2, -0.15) is 0 Å². The summed E-state index contributed by atoms with van der Waals surface area (Å²) in [6.07, 6.45) is 1.42. The molecule has 0 aromatic heterocycles. The topological polar surface area (TPSA) is 49.4 Å². The minimum Gasteiger partial charge on any atom is -0.298 e. The summed E-state index contributed by atoms with van der Waals surface area (Å²) >= 11 is 5.13. The molecule has 0 aliphatic carbocycles. The first-order valence-corrected chi connectivity index (χ1v) is 7.60. The number of amides is 2. The number of thiocarbonyl (C=S) groups is 1. The lowest BCUT2D eigenvalue weighted by atomic mass is 10.1. The highest BCUT2D eigenvalue weighted by Gasteiger charge is 2.34. The second kappa shape index (κ2) is 6.33. The van der Waals surface area contributed by atoms with E-state index in [4.69, 9.17) is 12.2 Å². The molecule has 1 aliphatic heterocycles. The van der Waals surface area contributed by atoms with Crippen molar-refractivity contribution < 1.29 is 14.0 Å². The van der Waals surface area contributed by atoms with E-state index in [0.717, 1.165) is 5.56 Å². The summed E-state index contributed by atoms with van der Waals surface area (Å²) < 4.78 is 13.0. The van der Waals surface area contributed by atoms with Crippen LogP contribution in [0.1, 0.15) is 11.1 Å². The third kappa shape index (κ3) is 3.09. The normalized spacial score (nSPS) is 16.5. The standard InChI is InChI=1S/C18H13FN2O2S/c1-11-2-8-14(9-3-11)21-17(23)15(16(22)20-18(21)24)10-12-4-6-13(19)7-5-12/h2-10H,1H3,(H,20,22,24). The molecule has 3 rings (SSSR count). The van der Waals surface area contributed by atoms with Gasteiger partial charge in [0.05, 0.1) is 5.69 Å². The Hall–Kier alpha value is -2.86. The van der Waals surface area contributed by atoms with Crippen LogP contribution in [0.2, 0.25) is 0 Å². The summed E-state index contributed by atoms with van der Waals surface area (Å²) in [6.45, 7) is 1.93. The molecule has 2 aromatic carbocycles. The van der Waals surface area contributed by atoms with E-state index < -0.39 is 11.8 Å². The van der Waals surface area contributed by atoms with Crippen LogP contribution in [0, 0.1) is 12.7 Å². The molecule has 1 aliphatic rings. The van der Waals surface area contributed by atoms with Crippen molar-refractivity contribution in [1.82, 2.24) is 5.32 Å². The summed E-state index contributed by atoms with van der Waals surface area (Å²) in [5, 5.41) is 2.54. The number of nitrogens with one attached hydrogen (secondary N) is 1. The number of hydrogen-bond acceptors (Lipinski definition) is 3. The van der Waals surface area contributed by atoms with Crippen LogP contribution < -0.4 is 10.2 Å². The molecule has 0 atom stereocenters. The second-order valence-electron chi connectivity index (χ2n) is 5.34. The van der Waals surface area contributed by atoms with E-state index in [2.05, 4.69) is 5.32 Å². The molecule has 1 heterocycles. The Morgan fingerprint density at radius 1 is 1.04 bits per heavy atom. The predicted molar refractivity (Wildman–Crippen MR) is 93.8 cm³/mol. The number of aryl methyl sites for hydroxylation is 1. The minimum atomic E-state index is -0.572. The highest BCUT2D eigenvalue weighted by molar-refractivity contribution is 7.80. The number of anilines is 1. The van der Waals surface area contributed by atoms with Crippen molar-refractivity contribution in [3.63, 3.8) is 0 Å². The van der Waals surface area contributed by atoms with Crippen molar-refractivity contribution in [3.05, 3.63) is 71.0 Å². The van der Waals surface area contributed by atoms with E-state index in [0.29, 0.717) is 11.3 Å². The van der Waals surface area contributed by atoms with Crippen molar-refractivity contribution in [1.29, 1.82) is 0 Å². The lowest BCUT2D eigenvalue weighted by Crippen LogP contribution is -2.54. The second-order valence-corrected chi connectivity index (χ2v) is 5.73. The van der Waals surface area contributed by atoms with Crippen molar-refractivity contribution in [3.8, 4) is 0 Å². The lowest BCUT2D eigenvalue weighted by molar-refractivity contribution is -0.122. The van der Waals surface area contributed by atoms with Gasteiger partial charge in [-0.15, -0.1) is 0 Å². The maximum atomic E-state index is 13.0. The third-order valence-electron chi connectivity index (χ3n) is 3.57. The van der Waals surface area contributed by atoms with E-state index >= 15 is 0 Å². The van der Waals surface area contributed by atoms with Crippen molar-refractivity contribution in [2.24, 2.45) is 0 Å². The van der Waals surface area contributed by atoms with Gasteiger partial charge in [0.15, 0.2) is 5.11 Å². The number of halogens is 1. The zero-order valence-corrected chi connectivity index (χ0v) is 13.6. The van der Waals surface area contributed by atoms with Gasteiger partial charge in [-0.3, -0.25) is 19.8 Å². The molecule has 0 saturated carbocycles. The Morgan fingerprint density at radius 2 is 1.67 bits per heavy atom. The first-order valence-electron chi connectivity index (χ1n) is 7.19. The number of hydrogen-bond donors (Lipinski definition) is 1. The largest absolute Gasteiger partial charge is 0.298 e. The summed E-state index contributed by atoms with van der Waals surface area (Å²) in [5.41, 5.74) is 2.10. The maximum Gasteiger partial charge on any atom is 0.270 e. The molecule has 2 amide bonds. The Labute approximate surface area is 143 Å². The summed E-state index contributed by atoms with van der Waals surface area (Å²) in [6, 6.07) is 12.7. The lowest BCUT2D eigenvalue weighted by Gasteiger charge is -2.29. The van der Waals surface area contributed by atoms with Gasteiger partial charge in [0.1, 0.15) is 11.4 Å². The van der Waals surface area contributed by atoms with Crippen LogP contribution in [0.15, 0.2) is 54.1 Å². The molecule has 1 fully saturated rings. The van der Waals surface area contributed by atoms with E-state index in [1.807, 2.05) is 19.1 Å². The Bertz CT molecular complexity index is 858. The summed E-state index contributed by atoms with van der Waals surface area (Å²) in [5.74, 6) is -1.48. The molecule has 4 nitrogen and oxygen atoms in total. The number of benzene rings is 2. The van der Waals surface area contributed by atoms with Crippen LogP contribution in [0.25, 0.3) is 6.08 Å². The molecule has 0 radical (unpaired) electrons. The van der Waals surface area contributed by atoms with Crippen LogP contribution in [-0.4, -0.2) is 16.9 Å². The quantitative estimate of drug-likeness (QED) is 0.519. The maximum absolute atomic E-state index is 13.0. The number of carbonyl (C=O) groups is 2. The SMILES string of the molecule is Cc1ccc(N2C(=O)C(=Cc3ccc(F)cc3)C(=O)NC2=S)cc1. The van der Waals surface area contributed by atoms with Crippen molar-refractivity contribution in [2.75, 3.05) is 4.90 Å². The first-order chi connectivity index (χ1) is 11.5. The number of rotatable bonds is 2. The van der Waals surface area contributed by atoms with E-state index in [1.165, 1.54) is 35.2 Å². The monoisotopic (exact) mass is 340 g/mol. The van der Waals surface area contributed by atoms with Gasteiger partial charge in [-0.05, 0) is 55.0 Å². The van der Waals surface area contributed by atoms with E-state index in [1.54, 1.807) is 12.1 Å². The van der Waals surface area contributed by atoms with Gasteiger partial charge in [-0.25, -0.2) is 4.39 Å². The molecule has 0 unspecified atom stereocenters. The van der Waals surface area contributed by atoms with E-state index in [9.17, 15) is 14.0 Å². The predicted octanol–water partition coefficient (Wildman–Crippen LogP) is 2.97. The molecule has 120 valence electrons. The van der Waals surface area contributed by atoms with Gasteiger partial charge >= 0.3 is 0 Å². The molecule has 0 spiro atoms. The Balaban J connectivity index is 1.99. The van der Waals surface area contributed by atoms with Crippen molar-refractivity contribution in [2.45, 2.75) is 6.92 Å². The molecule has 24 heavy (non-hydrogen) atoms. The third-order valence-corrected chi connectivity index (χ3v) is 3.86. The van der Waals surface area contributed by atoms with Crippen LogP contribution in [0.3, 0.4) is 0 Å². The van der Waals surface area contributed by atoms with Gasteiger partial charge in [-0.1, -0.05) is 29.8 Å². The molecule has 6 heteroatoms. The number of carbonyl (C=O) groups excluding carboxylic acids is 2. The van der Waals surface area contributed by atoms with Gasteiger partial charge < -0.3 is 0 Å². The van der Waals surface area contributed by atoms with Crippen LogP contribution >= 0.6 is 12.2 Å². The number of nitrogens with zero attached hydrogens (tertiary/aromatic N) is 1. The van der Waals surface area contributed by atoms with Gasteiger partial charge in [0, 0.05) is 0 Å². The van der Waals surface area contributed by atoms with Crippen molar-refractivity contribution >= 4 is 40.9 Å². The van der Waals surface area contributed by atoms with Crippen LogP contribution in [0.4, 0.5) is 10.1 Å². The zero-order valence-electron chi connectivity index (χ0n) is 12.7. The van der Waals surface area contributed by atoms with Crippen LogP contribution in [0.5, 0.6) is 0 Å². The average molecular weight is 340 g/mol. The fourth-order valence-corrected chi connectivity index (χ4v) is 2.59. The molecular weight excluding hydrogens is 327 g/mol. The Kier molecular flexibility index (Phi) is 4.22. The van der Waals surface area contributed by atoms with Gasteiger partial charge in [0.25, 0.3) is 11.8 Å².